The Labute approximate surface area is 144 Å². The molecule has 118 valence electrons. The number of para-hydroxylation sites is 1. The minimum Gasteiger partial charge on any atom is -0.348 e. The number of aromatic nitrogens is 1. The van der Waals surface area contributed by atoms with Crippen LogP contribution in [0.2, 0.25) is 10.0 Å². The van der Waals surface area contributed by atoms with Crippen molar-refractivity contribution in [3.63, 3.8) is 0 Å². The molecule has 1 heterocycles. The Balaban J connectivity index is 2.12. The maximum absolute atomic E-state index is 12.3. The summed E-state index contributed by atoms with van der Waals surface area (Å²) in [6.07, 6.45) is 0. The van der Waals surface area contributed by atoms with Crippen LogP contribution in [-0.2, 0) is 4.79 Å². The van der Waals surface area contributed by atoms with Crippen LogP contribution in [-0.4, -0.2) is 24.0 Å². The zero-order valence-corrected chi connectivity index (χ0v) is 13.9. The standard InChI is InChI=1S/C16H14Cl2N4O/c1-2-22(14-8-3-5-11(9-19)20-14)10-15(23)21-16-12(17)6-4-7-13(16)18/h3-8H,2,10H2,1H3,(H,21,23). The van der Waals surface area contributed by atoms with E-state index in [0.29, 0.717) is 33.8 Å². The third kappa shape index (κ3) is 4.35. The van der Waals surface area contributed by atoms with Crippen molar-refractivity contribution in [3.05, 3.63) is 52.1 Å². The highest BCUT2D eigenvalue weighted by Crippen LogP contribution is 2.29. The van der Waals surface area contributed by atoms with Gasteiger partial charge in [-0.1, -0.05) is 35.3 Å². The van der Waals surface area contributed by atoms with E-state index in [1.54, 1.807) is 41.3 Å². The van der Waals surface area contributed by atoms with Gasteiger partial charge in [0.15, 0.2) is 0 Å². The number of hydrogen-bond donors (Lipinski definition) is 1. The number of nitrogens with zero attached hydrogens (tertiary/aromatic N) is 3. The Kier molecular flexibility index (Phi) is 5.80. The minimum absolute atomic E-state index is 0.0694. The van der Waals surface area contributed by atoms with Gasteiger partial charge in [-0.25, -0.2) is 4.98 Å². The van der Waals surface area contributed by atoms with E-state index in [-0.39, 0.29) is 12.5 Å². The number of hydrogen-bond acceptors (Lipinski definition) is 4. The van der Waals surface area contributed by atoms with Gasteiger partial charge in [-0.3, -0.25) is 4.79 Å². The van der Waals surface area contributed by atoms with E-state index < -0.39 is 0 Å². The first-order valence-corrected chi connectivity index (χ1v) is 7.66. The van der Waals surface area contributed by atoms with Crippen molar-refractivity contribution in [2.75, 3.05) is 23.3 Å². The third-order valence-corrected chi connectivity index (χ3v) is 3.75. The molecule has 0 aliphatic carbocycles. The van der Waals surface area contributed by atoms with Crippen LogP contribution in [0.25, 0.3) is 0 Å². The molecule has 1 amide bonds. The highest BCUT2D eigenvalue weighted by atomic mass is 35.5. The lowest BCUT2D eigenvalue weighted by atomic mass is 10.3. The second-order valence-electron chi connectivity index (χ2n) is 4.65. The fourth-order valence-electron chi connectivity index (χ4n) is 1.99. The van der Waals surface area contributed by atoms with Crippen LogP contribution >= 0.6 is 23.2 Å². The molecule has 2 aromatic rings. The van der Waals surface area contributed by atoms with Crippen molar-refractivity contribution in [3.8, 4) is 6.07 Å². The summed E-state index contributed by atoms with van der Waals surface area (Å²) in [5.41, 5.74) is 0.686. The van der Waals surface area contributed by atoms with Crippen molar-refractivity contribution in [1.82, 2.24) is 4.98 Å². The van der Waals surface area contributed by atoms with E-state index in [4.69, 9.17) is 28.5 Å². The second-order valence-corrected chi connectivity index (χ2v) is 5.47. The molecule has 2 rings (SSSR count). The number of benzene rings is 1. The van der Waals surface area contributed by atoms with E-state index in [0.717, 1.165) is 0 Å². The number of nitrogens with one attached hydrogen (secondary N) is 1. The molecule has 0 bridgehead atoms. The lowest BCUT2D eigenvalue weighted by molar-refractivity contribution is -0.115. The van der Waals surface area contributed by atoms with Gasteiger partial charge in [-0.15, -0.1) is 0 Å². The minimum atomic E-state index is -0.272. The Morgan fingerprint density at radius 3 is 2.52 bits per heavy atom. The summed E-state index contributed by atoms with van der Waals surface area (Å²) in [6.45, 7) is 2.53. The van der Waals surface area contributed by atoms with Crippen LogP contribution in [0.4, 0.5) is 11.5 Å². The molecule has 0 fully saturated rings. The fourth-order valence-corrected chi connectivity index (χ4v) is 2.48. The van der Waals surface area contributed by atoms with Gasteiger partial charge in [0.05, 0.1) is 22.3 Å². The molecule has 23 heavy (non-hydrogen) atoms. The molecule has 5 nitrogen and oxygen atoms in total. The quantitative estimate of drug-likeness (QED) is 0.893. The van der Waals surface area contributed by atoms with Gasteiger partial charge < -0.3 is 10.2 Å². The molecule has 7 heteroatoms. The summed E-state index contributed by atoms with van der Waals surface area (Å²) in [5, 5.41) is 12.4. The topological polar surface area (TPSA) is 69.0 Å². The fraction of sp³-hybridized carbons (Fsp3) is 0.188. The lowest BCUT2D eigenvalue weighted by Gasteiger charge is -2.21. The molecule has 0 aliphatic heterocycles. The van der Waals surface area contributed by atoms with Gasteiger partial charge in [0.25, 0.3) is 0 Å². The molecular weight excluding hydrogens is 335 g/mol. The summed E-state index contributed by atoms with van der Waals surface area (Å²) in [5.74, 6) is 0.290. The Morgan fingerprint density at radius 1 is 1.26 bits per heavy atom. The zero-order chi connectivity index (χ0) is 16.8. The average molecular weight is 349 g/mol. The lowest BCUT2D eigenvalue weighted by Crippen LogP contribution is -2.33. The second kappa shape index (κ2) is 7.82. The van der Waals surface area contributed by atoms with Crippen LogP contribution in [0.5, 0.6) is 0 Å². The van der Waals surface area contributed by atoms with Crippen LogP contribution in [0.1, 0.15) is 12.6 Å². The van der Waals surface area contributed by atoms with E-state index in [1.165, 1.54) is 0 Å². The van der Waals surface area contributed by atoms with Crippen molar-refractivity contribution < 1.29 is 4.79 Å². The smallest absolute Gasteiger partial charge is 0.244 e. The number of halogens is 2. The van der Waals surface area contributed by atoms with Crippen LogP contribution < -0.4 is 10.2 Å². The Morgan fingerprint density at radius 2 is 1.91 bits per heavy atom. The molecule has 1 aromatic carbocycles. The summed E-state index contributed by atoms with van der Waals surface area (Å²) in [7, 11) is 0. The van der Waals surface area contributed by atoms with Gasteiger partial charge in [0.1, 0.15) is 17.6 Å². The molecule has 0 spiro atoms. The van der Waals surface area contributed by atoms with E-state index in [9.17, 15) is 4.79 Å². The molecule has 0 saturated heterocycles. The summed E-state index contributed by atoms with van der Waals surface area (Å²) >= 11 is 12.1. The highest BCUT2D eigenvalue weighted by molar-refractivity contribution is 6.39. The number of carbonyl (C=O) groups excluding carboxylic acids is 1. The zero-order valence-electron chi connectivity index (χ0n) is 12.4. The van der Waals surface area contributed by atoms with Crippen molar-refractivity contribution in [1.29, 1.82) is 5.26 Å². The summed E-state index contributed by atoms with van der Waals surface area (Å²) < 4.78 is 0. The molecular formula is C16H14Cl2N4O. The average Bonchev–Trinajstić information content (AvgIpc) is 2.56. The Hall–Kier alpha value is -2.29. The van der Waals surface area contributed by atoms with Crippen LogP contribution in [0.3, 0.4) is 0 Å². The van der Waals surface area contributed by atoms with Crippen molar-refractivity contribution >= 4 is 40.6 Å². The first kappa shape index (κ1) is 17.1. The maximum Gasteiger partial charge on any atom is 0.244 e. The predicted molar refractivity (Wildman–Crippen MR) is 91.9 cm³/mol. The number of nitriles is 1. The van der Waals surface area contributed by atoms with E-state index in [1.807, 2.05) is 13.0 Å². The number of amides is 1. The van der Waals surface area contributed by atoms with Crippen LogP contribution in [0, 0.1) is 11.3 Å². The molecule has 0 unspecified atom stereocenters. The Bertz CT molecular complexity index is 738. The van der Waals surface area contributed by atoms with Crippen molar-refractivity contribution in [2.24, 2.45) is 0 Å². The molecule has 0 saturated carbocycles. The van der Waals surface area contributed by atoms with Gasteiger partial charge in [0, 0.05) is 6.54 Å². The normalized spacial score (nSPS) is 10.0. The van der Waals surface area contributed by atoms with Crippen LogP contribution in [0.15, 0.2) is 36.4 Å². The SMILES string of the molecule is CCN(CC(=O)Nc1c(Cl)cccc1Cl)c1cccc(C#N)n1. The van der Waals surface area contributed by atoms with Gasteiger partial charge in [-0.05, 0) is 31.2 Å². The number of pyridine rings is 1. The molecule has 1 aromatic heterocycles. The van der Waals surface area contributed by atoms with E-state index in [2.05, 4.69) is 10.3 Å². The number of carbonyl (C=O) groups is 1. The predicted octanol–water partition coefficient (Wildman–Crippen LogP) is 3.73. The van der Waals surface area contributed by atoms with Gasteiger partial charge >= 0.3 is 0 Å². The first-order chi connectivity index (χ1) is 11.0. The third-order valence-electron chi connectivity index (χ3n) is 3.12. The molecule has 0 atom stereocenters. The molecule has 0 aliphatic rings. The first-order valence-electron chi connectivity index (χ1n) is 6.91. The summed E-state index contributed by atoms with van der Waals surface area (Å²) in [6, 6.07) is 12.1. The number of rotatable bonds is 5. The van der Waals surface area contributed by atoms with Gasteiger partial charge in [0.2, 0.25) is 5.91 Å². The molecule has 0 radical (unpaired) electrons. The number of likely N-dealkylation sites (N-methyl/N-ethyl adjacent to an activating group) is 1. The summed E-state index contributed by atoms with van der Waals surface area (Å²) in [4.78, 5) is 18.2. The number of anilines is 2. The van der Waals surface area contributed by atoms with Gasteiger partial charge in [-0.2, -0.15) is 5.26 Å². The monoisotopic (exact) mass is 348 g/mol. The largest absolute Gasteiger partial charge is 0.348 e. The molecule has 1 N–H and O–H groups in total. The highest BCUT2D eigenvalue weighted by Gasteiger charge is 2.14. The maximum atomic E-state index is 12.3. The van der Waals surface area contributed by atoms with Crippen molar-refractivity contribution in [2.45, 2.75) is 6.92 Å². The van der Waals surface area contributed by atoms with E-state index >= 15 is 0 Å².